The van der Waals surface area contributed by atoms with Gasteiger partial charge in [-0.2, -0.15) is 0 Å². The predicted molar refractivity (Wildman–Crippen MR) is 73.1 cm³/mol. The number of hydrogen-bond acceptors (Lipinski definition) is 3. The molecular weight excluding hydrogens is 226 g/mol. The number of hydrogen-bond donors (Lipinski definition) is 1. The summed E-state index contributed by atoms with van der Waals surface area (Å²) in [5, 5.41) is 2.05. The first-order valence-corrected chi connectivity index (χ1v) is 5.83. The molecule has 2 aromatic carbocycles. The first kappa shape index (κ1) is 12.6. The van der Waals surface area contributed by atoms with E-state index in [2.05, 4.69) is 0 Å². The van der Waals surface area contributed by atoms with Crippen LogP contribution in [0.25, 0.3) is 10.8 Å². The Labute approximate surface area is 107 Å². The molecule has 3 nitrogen and oxygen atoms in total. The largest absolute Gasteiger partial charge is 0.497 e. The van der Waals surface area contributed by atoms with E-state index in [0.717, 1.165) is 16.5 Å². The van der Waals surface area contributed by atoms with Crippen LogP contribution in [0.4, 0.5) is 0 Å². The van der Waals surface area contributed by atoms with Crippen molar-refractivity contribution < 1.29 is 9.53 Å². The fourth-order valence-electron chi connectivity index (χ4n) is 1.86. The average molecular weight is 243 g/mol. The van der Waals surface area contributed by atoms with Gasteiger partial charge in [-0.15, -0.1) is 0 Å². The zero-order valence-corrected chi connectivity index (χ0v) is 10.9. The number of carbonyl (C=O) groups is 1. The summed E-state index contributed by atoms with van der Waals surface area (Å²) in [5.74, 6) is 0.751. The van der Waals surface area contributed by atoms with Crippen LogP contribution in [-0.2, 0) is 0 Å². The number of rotatable bonds is 3. The van der Waals surface area contributed by atoms with Gasteiger partial charge in [0.1, 0.15) is 5.75 Å². The van der Waals surface area contributed by atoms with Gasteiger partial charge in [0.05, 0.1) is 12.6 Å². The lowest BCUT2D eigenvalue weighted by molar-refractivity contribution is 0.0913. The van der Waals surface area contributed by atoms with Crippen molar-refractivity contribution in [2.24, 2.45) is 5.73 Å². The quantitative estimate of drug-likeness (QED) is 0.843. The molecule has 0 bridgehead atoms. The van der Waals surface area contributed by atoms with E-state index in [1.165, 1.54) is 0 Å². The Morgan fingerprint density at radius 3 is 2.33 bits per heavy atom. The van der Waals surface area contributed by atoms with E-state index in [4.69, 9.17) is 10.5 Å². The number of nitrogens with two attached hydrogens (primary N) is 1. The third-order valence-corrected chi connectivity index (χ3v) is 2.89. The molecule has 0 fully saturated rings. The van der Waals surface area contributed by atoms with Crippen molar-refractivity contribution in [3.05, 3.63) is 42.0 Å². The Balaban J connectivity index is 2.49. The lowest BCUT2D eigenvalue weighted by Gasteiger charge is -2.17. The highest BCUT2D eigenvalue weighted by atomic mass is 16.5. The molecule has 2 rings (SSSR count). The number of ether oxygens (including phenoxy) is 1. The highest BCUT2D eigenvalue weighted by molar-refractivity contribution is 6.05. The van der Waals surface area contributed by atoms with Gasteiger partial charge >= 0.3 is 0 Å². The Hall–Kier alpha value is -1.87. The molecule has 0 aliphatic rings. The highest BCUT2D eigenvalue weighted by Crippen LogP contribution is 2.23. The topological polar surface area (TPSA) is 52.3 Å². The third kappa shape index (κ3) is 2.36. The van der Waals surface area contributed by atoms with Gasteiger partial charge in [0, 0.05) is 5.56 Å². The molecule has 0 aliphatic carbocycles. The normalized spacial score (nSPS) is 11.6. The number of fused-ring (bicyclic) bond motifs is 1. The maximum absolute atomic E-state index is 12.1. The molecule has 0 radical (unpaired) electrons. The van der Waals surface area contributed by atoms with Gasteiger partial charge in [0.25, 0.3) is 0 Å². The molecule has 3 heteroatoms. The second-order valence-electron chi connectivity index (χ2n) is 4.98. The van der Waals surface area contributed by atoms with Crippen molar-refractivity contribution in [1.29, 1.82) is 0 Å². The van der Waals surface area contributed by atoms with Gasteiger partial charge in [-0.3, -0.25) is 4.79 Å². The average Bonchev–Trinajstić information content (AvgIpc) is 2.35. The van der Waals surface area contributed by atoms with Crippen molar-refractivity contribution in [2.45, 2.75) is 19.4 Å². The molecule has 0 aromatic heterocycles. The number of Topliss-reactive ketones (excluding diaryl/α,β-unsaturated/α-hetero) is 1. The third-order valence-electron chi connectivity index (χ3n) is 2.89. The van der Waals surface area contributed by atoms with E-state index < -0.39 is 5.54 Å². The molecule has 18 heavy (non-hydrogen) atoms. The van der Waals surface area contributed by atoms with E-state index in [-0.39, 0.29) is 5.78 Å². The van der Waals surface area contributed by atoms with E-state index in [1.807, 2.05) is 30.3 Å². The summed E-state index contributed by atoms with van der Waals surface area (Å²) in [6, 6.07) is 11.3. The molecule has 94 valence electrons. The van der Waals surface area contributed by atoms with Crippen molar-refractivity contribution in [3.8, 4) is 5.75 Å². The maximum Gasteiger partial charge on any atom is 0.182 e. The first-order valence-electron chi connectivity index (χ1n) is 5.83. The summed E-state index contributed by atoms with van der Waals surface area (Å²) in [4.78, 5) is 12.1. The van der Waals surface area contributed by atoms with Crippen molar-refractivity contribution >= 4 is 16.6 Å². The molecule has 0 aliphatic heterocycles. The van der Waals surface area contributed by atoms with Gasteiger partial charge in [-0.25, -0.2) is 0 Å². The predicted octanol–water partition coefficient (Wildman–Crippen LogP) is 2.77. The van der Waals surface area contributed by atoms with Gasteiger partial charge in [0.15, 0.2) is 5.78 Å². The van der Waals surface area contributed by atoms with Crippen molar-refractivity contribution in [2.75, 3.05) is 7.11 Å². The van der Waals surface area contributed by atoms with Gasteiger partial charge in [0.2, 0.25) is 0 Å². The SMILES string of the molecule is COc1ccc2cc(C(=O)C(C)(C)N)ccc2c1. The van der Waals surface area contributed by atoms with Crippen LogP contribution in [0.5, 0.6) is 5.75 Å². The molecule has 0 unspecified atom stereocenters. The van der Waals surface area contributed by atoms with Crippen LogP contribution >= 0.6 is 0 Å². The van der Waals surface area contributed by atoms with E-state index in [1.54, 1.807) is 27.0 Å². The van der Waals surface area contributed by atoms with E-state index >= 15 is 0 Å². The van der Waals surface area contributed by atoms with Gasteiger partial charge in [-0.1, -0.05) is 18.2 Å². The summed E-state index contributed by atoms with van der Waals surface area (Å²) in [5.41, 5.74) is 5.62. The van der Waals surface area contributed by atoms with Crippen molar-refractivity contribution in [1.82, 2.24) is 0 Å². The van der Waals surface area contributed by atoms with E-state index in [0.29, 0.717) is 5.56 Å². The zero-order chi connectivity index (χ0) is 13.3. The van der Waals surface area contributed by atoms with Crippen LogP contribution in [0.15, 0.2) is 36.4 Å². The Morgan fingerprint density at radius 2 is 1.72 bits per heavy atom. The van der Waals surface area contributed by atoms with E-state index in [9.17, 15) is 4.79 Å². The minimum atomic E-state index is -0.847. The number of benzene rings is 2. The zero-order valence-electron chi connectivity index (χ0n) is 10.9. The molecule has 0 saturated carbocycles. The molecule has 2 aromatic rings. The second kappa shape index (κ2) is 4.42. The van der Waals surface area contributed by atoms with Crippen LogP contribution in [0.3, 0.4) is 0 Å². The van der Waals surface area contributed by atoms with Gasteiger partial charge in [-0.05, 0) is 42.8 Å². The summed E-state index contributed by atoms with van der Waals surface area (Å²) in [6.45, 7) is 3.43. The number of ketones is 1. The molecule has 2 N–H and O–H groups in total. The summed E-state index contributed by atoms with van der Waals surface area (Å²) in [7, 11) is 1.63. The molecule has 0 amide bonds. The fraction of sp³-hybridized carbons (Fsp3) is 0.267. The first-order chi connectivity index (χ1) is 8.41. The summed E-state index contributed by atoms with van der Waals surface area (Å²) < 4.78 is 5.17. The monoisotopic (exact) mass is 243 g/mol. The standard InChI is InChI=1S/C15H17NO2/c1-15(2,16)14(17)12-5-4-11-9-13(18-3)7-6-10(11)8-12/h4-9H,16H2,1-3H3. The fourth-order valence-corrected chi connectivity index (χ4v) is 1.86. The lowest BCUT2D eigenvalue weighted by atomic mass is 9.93. The molecule has 0 heterocycles. The summed E-state index contributed by atoms with van der Waals surface area (Å²) >= 11 is 0. The van der Waals surface area contributed by atoms with Crippen LogP contribution < -0.4 is 10.5 Å². The highest BCUT2D eigenvalue weighted by Gasteiger charge is 2.23. The molecule has 0 saturated heterocycles. The van der Waals surface area contributed by atoms with Crippen LogP contribution in [0.1, 0.15) is 24.2 Å². The van der Waals surface area contributed by atoms with Gasteiger partial charge < -0.3 is 10.5 Å². The van der Waals surface area contributed by atoms with Crippen molar-refractivity contribution in [3.63, 3.8) is 0 Å². The number of carbonyl (C=O) groups excluding carboxylic acids is 1. The molecule has 0 spiro atoms. The van der Waals surface area contributed by atoms with Crippen LogP contribution in [0, 0.1) is 0 Å². The number of methoxy groups -OCH3 is 1. The van der Waals surface area contributed by atoms with Crippen LogP contribution in [0.2, 0.25) is 0 Å². The second-order valence-corrected chi connectivity index (χ2v) is 4.98. The molecular formula is C15H17NO2. The Kier molecular flexibility index (Phi) is 3.09. The summed E-state index contributed by atoms with van der Waals surface area (Å²) in [6.07, 6.45) is 0. The molecule has 0 atom stereocenters. The van der Waals surface area contributed by atoms with Crippen LogP contribution in [-0.4, -0.2) is 18.4 Å². The minimum absolute atomic E-state index is 0.0554. The smallest absolute Gasteiger partial charge is 0.182 e. The maximum atomic E-state index is 12.1. The minimum Gasteiger partial charge on any atom is -0.497 e. The Bertz CT molecular complexity index is 597. The lowest BCUT2D eigenvalue weighted by Crippen LogP contribution is -2.41. The Morgan fingerprint density at radius 1 is 1.11 bits per heavy atom.